The SMILES string of the molecule is O=C(OCC1CCCCC1)c1ncn2c1[C@@H]1CCCN1C(=O)c1c(Cl)cccc1-2. The molecule has 1 aromatic carbocycles. The Labute approximate surface area is 174 Å². The third-order valence-electron chi connectivity index (χ3n) is 6.47. The highest BCUT2D eigenvalue weighted by Crippen LogP contribution is 2.41. The summed E-state index contributed by atoms with van der Waals surface area (Å²) >= 11 is 6.40. The van der Waals surface area contributed by atoms with Gasteiger partial charge < -0.3 is 9.64 Å². The van der Waals surface area contributed by atoms with Crippen molar-refractivity contribution in [3.8, 4) is 5.69 Å². The van der Waals surface area contributed by atoms with Gasteiger partial charge in [-0.2, -0.15) is 0 Å². The van der Waals surface area contributed by atoms with Crippen molar-refractivity contribution < 1.29 is 14.3 Å². The second kappa shape index (κ2) is 7.48. The van der Waals surface area contributed by atoms with Crippen LogP contribution < -0.4 is 0 Å². The molecule has 0 radical (unpaired) electrons. The first-order valence-corrected chi connectivity index (χ1v) is 10.9. The van der Waals surface area contributed by atoms with Crippen LogP contribution in [0.3, 0.4) is 0 Å². The zero-order valence-electron chi connectivity index (χ0n) is 16.3. The molecule has 5 rings (SSSR count). The number of fused-ring (bicyclic) bond motifs is 5. The normalized spacial score (nSPS) is 21.3. The first-order valence-electron chi connectivity index (χ1n) is 10.5. The molecule has 0 N–H and O–H groups in total. The Morgan fingerprint density at radius 1 is 1.17 bits per heavy atom. The molecule has 6 nitrogen and oxygen atoms in total. The maximum absolute atomic E-state index is 13.2. The Bertz CT molecular complexity index is 964. The molecule has 0 bridgehead atoms. The van der Waals surface area contributed by atoms with Gasteiger partial charge in [-0.05, 0) is 43.7 Å². The smallest absolute Gasteiger partial charge is 0.358 e. The number of esters is 1. The van der Waals surface area contributed by atoms with E-state index in [-0.39, 0.29) is 11.9 Å². The van der Waals surface area contributed by atoms with E-state index in [1.807, 2.05) is 21.6 Å². The Balaban J connectivity index is 1.52. The second-order valence-electron chi connectivity index (χ2n) is 8.24. The Morgan fingerprint density at radius 2 is 2.00 bits per heavy atom. The molecule has 7 heteroatoms. The molecule has 1 atom stereocenters. The van der Waals surface area contributed by atoms with Gasteiger partial charge in [0.15, 0.2) is 5.69 Å². The second-order valence-corrected chi connectivity index (χ2v) is 8.65. The van der Waals surface area contributed by atoms with Crippen molar-refractivity contribution in [2.75, 3.05) is 13.2 Å². The van der Waals surface area contributed by atoms with E-state index in [1.165, 1.54) is 19.3 Å². The summed E-state index contributed by atoms with van der Waals surface area (Å²) in [4.78, 5) is 32.4. The number of aromatic nitrogens is 2. The molecule has 1 aromatic heterocycles. The van der Waals surface area contributed by atoms with Gasteiger partial charge in [0, 0.05) is 6.54 Å². The van der Waals surface area contributed by atoms with Crippen LogP contribution in [0.4, 0.5) is 0 Å². The van der Waals surface area contributed by atoms with Crippen LogP contribution in [0.15, 0.2) is 24.5 Å². The molecule has 1 amide bonds. The van der Waals surface area contributed by atoms with E-state index in [1.54, 1.807) is 12.4 Å². The number of imidazole rings is 1. The minimum Gasteiger partial charge on any atom is -0.461 e. The van der Waals surface area contributed by atoms with Crippen molar-refractivity contribution in [2.24, 2.45) is 5.92 Å². The number of halogens is 1. The molecule has 3 aliphatic rings. The van der Waals surface area contributed by atoms with Crippen LogP contribution in [0.25, 0.3) is 5.69 Å². The monoisotopic (exact) mass is 413 g/mol. The number of carbonyl (C=O) groups is 2. The highest BCUT2D eigenvalue weighted by molar-refractivity contribution is 6.34. The minimum atomic E-state index is -0.394. The summed E-state index contributed by atoms with van der Waals surface area (Å²) in [6, 6.07) is 5.20. The van der Waals surface area contributed by atoms with Gasteiger partial charge >= 0.3 is 5.97 Å². The number of rotatable bonds is 3. The predicted octanol–water partition coefficient (Wildman–Crippen LogP) is 4.55. The molecule has 1 aliphatic carbocycles. The van der Waals surface area contributed by atoms with Crippen molar-refractivity contribution in [1.29, 1.82) is 0 Å². The van der Waals surface area contributed by atoms with Crippen molar-refractivity contribution in [2.45, 2.75) is 51.0 Å². The Morgan fingerprint density at radius 3 is 2.83 bits per heavy atom. The number of hydrogen-bond donors (Lipinski definition) is 0. The van der Waals surface area contributed by atoms with E-state index in [2.05, 4.69) is 4.98 Å². The van der Waals surface area contributed by atoms with Crippen LogP contribution in [0.1, 0.15) is 77.5 Å². The minimum absolute atomic E-state index is 0.0849. The van der Waals surface area contributed by atoms with Crippen molar-refractivity contribution in [1.82, 2.24) is 14.5 Å². The van der Waals surface area contributed by atoms with E-state index in [9.17, 15) is 9.59 Å². The average Bonchev–Trinajstić information content (AvgIpc) is 3.37. The fourth-order valence-electron chi connectivity index (χ4n) is 5.00. The first-order chi connectivity index (χ1) is 14.1. The summed E-state index contributed by atoms with van der Waals surface area (Å²) < 4.78 is 7.53. The molecule has 2 aromatic rings. The molecular weight excluding hydrogens is 390 g/mol. The van der Waals surface area contributed by atoms with E-state index in [4.69, 9.17) is 16.3 Å². The lowest BCUT2D eigenvalue weighted by atomic mass is 9.90. The highest BCUT2D eigenvalue weighted by atomic mass is 35.5. The average molecular weight is 414 g/mol. The zero-order chi connectivity index (χ0) is 20.0. The van der Waals surface area contributed by atoms with Crippen LogP contribution >= 0.6 is 11.6 Å². The van der Waals surface area contributed by atoms with Crippen LogP contribution in [0.5, 0.6) is 0 Å². The number of carbonyl (C=O) groups excluding carboxylic acids is 2. The van der Waals surface area contributed by atoms with Crippen LogP contribution in [0.2, 0.25) is 5.02 Å². The predicted molar refractivity (Wildman–Crippen MR) is 108 cm³/mol. The van der Waals surface area contributed by atoms with Crippen molar-refractivity contribution in [3.63, 3.8) is 0 Å². The number of nitrogens with zero attached hydrogens (tertiary/aromatic N) is 3. The molecule has 0 spiro atoms. The number of hydrogen-bond acceptors (Lipinski definition) is 4. The van der Waals surface area contributed by atoms with E-state index >= 15 is 0 Å². The van der Waals surface area contributed by atoms with Gasteiger partial charge in [0.25, 0.3) is 5.91 Å². The lowest BCUT2D eigenvalue weighted by Gasteiger charge is -2.23. The fourth-order valence-corrected chi connectivity index (χ4v) is 5.25. The molecule has 2 fully saturated rings. The van der Waals surface area contributed by atoms with Gasteiger partial charge in [0.05, 0.1) is 34.6 Å². The van der Waals surface area contributed by atoms with Gasteiger partial charge in [-0.15, -0.1) is 0 Å². The number of ether oxygens (including phenoxy) is 1. The maximum atomic E-state index is 13.2. The molecule has 3 heterocycles. The van der Waals surface area contributed by atoms with Crippen LogP contribution in [-0.2, 0) is 4.74 Å². The topological polar surface area (TPSA) is 64.4 Å². The summed E-state index contributed by atoms with van der Waals surface area (Å²) in [6.45, 7) is 1.09. The van der Waals surface area contributed by atoms with Gasteiger partial charge in [-0.25, -0.2) is 9.78 Å². The van der Waals surface area contributed by atoms with Crippen molar-refractivity contribution in [3.05, 3.63) is 46.5 Å². The molecular formula is C22H24ClN3O3. The van der Waals surface area contributed by atoms with Crippen LogP contribution in [-0.4, -0.2) is 39.5 Å². The zero-order valence-corrected chi connectivity index (χ0v) is 17.0. The third kappa shape index (κ3) is 3.14. The standard InChI is InChI=1S/C22H24ClN3O3/c23-15-8-4-9-16-18(15)21(27)25-11-5-10-17(25)20-19(24-13-26(16)20)22(28)29-12-14-6-2-1-3-7-14/h4,8-9,13-14,17H,1-3,5-7,10-12H2/t17-/m0/s1. The molecule has 29 heavy (non-hydrogen) atoms. The summed E-state index contributed by atoms with van der Waals surface area (Å²) in [5, 5.41) is 0.418. The van der Waals surface area contributed by atoms with E-state index in [0.29, 0.717) is 41.0 Å². The fraction of sp³-hybridized carbons (Fsp3) is 0.500. The summed E-state index contributed by atoms with van der Waals surface area (Å²) in [7, 11) is 0. The van der Waals surface area contributed by atoms with Gasteiger partial charge in [0.1, 0.15) is 6.33 Å². The first kappa shape index (κ1) is 18.7. The highest BCUT2D eigenvalue weighted by Gasteiger charge is 2.41. The lowest BCUT2D eigenvalue weighted by Crippen LogP contribution is -2.30. The van der Waals surface area contributed by atoms with E-state index < -0.39 is 5.97 Å². The van der Waals surface area contributed by atoms with Gasteiger partial charge in [0.2, 0.25) is 0 Å². The Hall–Kier alpha value is -2.34. The largest absolute Gasteiger partial charge is 0.461 e. The Kier molecular flexibility index (Phi) is 4.82. The van der Waals surface area contributed by atoms with Crippen LogP contribution in [0, 0.1) is 5.92 Å². The third-order valence-corrected chi connectivity index (χ3v) is 6.78. The maximum Gasteiger partial charge on any atom is 0.358 e. The van der Waals surface area contributed by atoms with E-state index in [0.717, 1.165) is 31.4 Å². The molecule has 1 saturated heterocycles. The summed E-state index contributed by atoms with van der Waals surface area (Å²) in [5.74, 6) is -0.0366. The number of benzene rings is 1. The molecule has 1 saturated carbocycles. The van der Waals surface area contributed by atoms with Crippen molar-refractivity contribution >= 4 is 23.5 Å². The molecule has 0 unspecified atom stereocenters. The summed E-state index contributed by atoms with van der Waals surface area (Å²) in [5.41, 5.74) is 2.20. The van der Waals surface area contributed by atoms with Gasteiger partial charge in [-0.1, -0.05) is 36.9 Å². The lowest BCUT2D eigenvalue weighted by molar-refractivity contribution is 0.0398. The van der Waals surface area contributed by atoms with Gasteiger partial charge in [-0.3, -0.25) is 9.36 Å². The molecule has 152 valence electrons. The quantitative estimate of drug-likeness (QED) is 0.692. The number of amides is 1. The summed E-state index contributed by atoms with van der Waals surface area (Å²) in [6.07, 6.45) is 9.22. The molecule has 2 aliphatic heterocycles.